The van der Waals surface area contributed by atoms with Crippen LogP contribution in [-0.4, -0.2) is 47.0 Å². The van der Waals surface area contributed by atoms with Gasteiger partial charge in [-0.1, -0.05) is 51.1 Å². The number of anilines is 1. The molecule has 0 radical (unpaired) electrons. The Morgan fingerprint density at radius 2 is 1.56 bits per heavy atom. The van der Waals surface area contributed by atoms with Crippen LogP contribution in [0.2, 0.25) is 0 Å². The van der Waals surface area contributed by atoms with Gasteiger partial charge in [0.25, 0.3) is 5.91 Å². The molecule has 0 bridgehead atoms. The van der Waals surface area contributed by atoms with Crippen LogP contribution in [0.25, 0.3) is 0 Å². The van der Waals surface area contributed by atoms with Crippen LogP contribution >= 0.6 is 0 Å². The number of aryl methyl sites for hydroxylation is 1. The average Bonchev–Trinajstić information content (AvgIpc) is 2.78. The molecule has 0 unspecified atom stereocenters. The first-order chi connectivity index (χ1) is 15.3. The smallest absolute Gasteiger partial charge is 0.253 e. The van der Waals surface area contributed by atoms with Crippen molar-refractivity contribution >= 4 is 11.7 Å². The van der Waals surface area contributed by atoms with Crippen LogP contribution in [0.3, 0.4) is 0 Å². The minimum Gasteiger partial charge on any atom is -0.439 e. The SMILES string of the molecule is Cc1nc(Oc2ccccc2)cc(N2CCN(C(=O)c3ccc(C(C)(C)C)cc3)CC2)n1. The summed E-state index contributed by atoms with van der Waals surface area (Å²) in [5.74, 6) is 2.83. The number of hydrogen-bond donors (Lipinski definition) is 0. The van der Waals surface area contributed by atoms with Crippen LogP contribution in [0.5, 0.6) is 11.6 Å². The summed E-state index contributed by atoms with van der Waals surface area (Å²) in [5, 5.41) is 0. The zero-order chi connectivity index (χ0) is 22.7. The van der Waals surface area contributed by atoms with Crippen LogP contribution in [0.1, 0.15) is 42.5 Å². The number of piperazine rings is 1. The maximum atomic E-state index is 13.0. The van der Waals surface area contributed by atoms with Crippen molar-refractivity contribution < 1.29 is 9.53 Å². The lowest BCUT2D eigenvalue weighted by Crippen LogP contribution is -2.49. The zero-order valence-corrected chi connectivity index (χ0v) is 19.2. The summed E-state index contributed by atoms with van der Waals surface area (Å²) < 4.78 is 5.90. The van der Waals surface area contributed by atoms with E-state index in [4.69, 9.17) is 4.74 Å². The van der Waals surface area contributed by atoms with Crippen molar-refractivity contribution in [2.45, 2.75) is 33.1 Å². The number of hydrogen-bond acceptors (Lipinski definition) is 5. The predicted octanol–water partition coefficient (Wildman–Crippen LogP) is 4.84. The van der Waals surface area contributed by atoms with Gasteiger partial charge in [0.15, 0.2) is 0 Å². The molecule has 32 heavy (non-hydrogen) atoms. The van der Waals surface area contributed by atoms with Gasteiger partial charge in [-0.2, -0.15) is 4.98 Å². The van der Waals surface area contributed by atoms with Gasteiger partial charge in [-0.15, -0.1) is 0 Å². The monoisotopic (exact) mass is 430 g/mol. The second-order valence-electron chi connectivity index (χ2n) is 9.13. The van der Waals surface area contributed by atoms with Crippen LogP contribution in [0, 0.1) is 6.92 Å². The highest BCUT2D eigenvalue weighted by Crippen LogP contribution is 2.25. The number of ether oxygens (including phenoxy) is 1. The van der Waals surface area contributed by atoms with Crippen molar-refractivity contribution in [2.24, 2.45) is 0 Å². The normalized spacial score (nSPS) is 14.4. The molecule has 2 aromatic carbocycles. The molecule has 1 aliphatic heterocycles. The number of rotatable bonds is 4. The van der Waals surface area contributed by atoms with E-state index in [0.29, 0.717) is 37.9 Å². The quantitative estimate of drug-likeness (QED) is 0.593. The van der Waals surface area contributed by atoms with Crippen molar-refractivity contribution in [2.75, 3.05) is 31.1 Å². The molecule has 4 rings (SSSR count). The van der Waals surface area contributed by atoms with Gasteiger partial charge in [0, 0.05) is 37.8 Å². The maximum Gasteiger partial charge on any atom is 0.253 e. The molecule has 0 spiro atoms. The van der Waals surface area contributed by atoms with E-state index in [1.807, 2.05) is 60.4 Å². The number of benzene rings is 2. The number of para-hydroxylation sites is 1. The fraction of sp³-hybridized carbons (Fsp3) is 0.346. The Morgan fingerprint density at radius 1 is 0.906 bits per heavy atom. The largest absolute Gasteiger partial charge is 0.439 e. The van der Waals surface area contributed by atoms with Crippen molar-refractivity contribution in [3.63, 3.8) is 0 Å². The number of nitrogens with zero attached hydrogens (tertiary/aromatic N) is 4. The molecule has 1 amide bonds. The molecule has 0 atom stereocenters. The van der Waals surface area contributed by atoms with Crippen molar-refractivity contribution in [1.82, 2.24) is 14.9 Å². The van der Waals surface area contributed by atoms with Gasteiger partial charge in [-0.25, -0.2) is 4.98 Å². The lowest BCUT2D eigenvalue weighted by atomic mass is 9.86. The van der Waals surface area contributed by atoms with Gasteiger partial charge >= 0.3 is 0 Å². The minimum atomic E-state index is 0.0754. The standard InChI is InChI=1S/C26H30N4O2/c1-19-27-23(18-24(28-19)32-22-8-6-5-7-9-22)29-14-16-30(17-15-29)25(31)20-10-12-21(13-11-20)26(2,3)4/h5-13,18H,14-17H2,1-4H3. The third kappa shape index (κ3) is 5.07. The van der Waals surface area contributed by atoms with Crippen molar-refractivity contribution in [3.05, 3.63) is 77.6 Å². The first kappa shape index (κ1) is 21.8. The van der Waals surface area contributed by atoms with Gasteiger partial charge in [0.2, 0.25) is 5.88 Å². The lowest BCUT2D eigenvalue weighted by molar-refractivity contribution is 0.0746. The highest BCUT2D eigenvalue weighted by atomic mass is 16.5. The molecule has 0 aliphatic carbocycles. The summed E-state index contributed by atoms with van der Waals surface area (Å²) in [7, 11) is 0. The summed E-state index contributed by atoms with van der Waals surface area (Å²) in [6, 6.07) is 19.5. The first-order valence-electron chi connectivity index (χ1n) is 11.0. The van der Waals surface area contributed by atoms with E-state index in [1.54, 1.807) is 0 Å². The van der Waals surface area contributed by atoms with Gasteiger partial charge in [-0.05, 0) is 42.2 Å². The zero-order valence-electron chi connectivity index (χ0n) is 19.2. The second kappa shape index (κ2) is 8.99. The molecule has 1 fully saturated rings. The van der Waals surface area contributed by atoms with Gasteiger partial charge < -0.3 is 14.5 Å². The van der Waals surface area contributed by atoms with Crippen molar-refractivity contribution in [1.29, 1.82) is 0 Å². The minimum absolute atomic E-state index is 0.0754. The fourth-order valence-corrected chi connectivity index (χ4v) is 3.78. The maximum absolute atomic E-state index is 13.0. The van der Waals surface area contributed by atoms with Crippen LogP contribution in [0.4, 0.5) is 5.82 Å². The Morgan fingerprint density at radius 3 is 2.19 bits per heavy atom. The van der Waals surface area contributed by atoms with E-state index < -0.39 is 0 Å². The molecule has 0 N–H and O–H groups in total. The number of carbonyl (C=O) groups excluding carboxylic acids is 1. The topological polar surface area (TPSA) is 58.6 Å². The lowest BCUT2D eigenvalue weighted by Gasteiger charge is -2.35. The average molecular weight is 431 g/mol. The Labute approximate surface area is 189 Å². The molecule has 1 aromatic heterocycles. The molecule has 6 nitrogen and oxygen atoms in total. The number of carbonyl (C=O) groups is 1. The summed E-state index contributed by atoms with van der Waals surface area (Å²) >= 11 is 0. The summed E-state index contributed by atoms with van der Waals surface area (Å²) in [4.78, 5) is 26.1. The fourth-order valence-electron chi connectivity index (χ4n) is 3.78. The van der Waals surface area contributed by atoms with Crippen LogP contribution < -0.4 is 9.64 Å². The Kier molecular flexibility index (Phi) is 6.12. The van der Waals surface area contributed by atoms with E-state index in [0.717, 1.165) is 17.1 Å². The molecule has 6 heteroatoms. The first-order valence-corrected chi connectivity index (χ1v) is 11.0. The van der Waals surface area contributed by atoms with Gasteiger partial charge in [0.1, 0.15) is 17.4 Å². The Bertz CT molecular complexity index is 1070. The Hall–Kier alpha value is -3.41. The predicted molar refractivity (Wildman–Crippen MR) is 127 cm³/mol. The molecule has 1 saturated heterocycles. The molecule has 2 heterocycles. The van der Waals surface area contributed by atoms with E-state index >= 15 is 0 Å². The molecular weight excluding hydrogens is 400 g/mol. The summed E-state index contributed by atoms with van der Waals surface area (Å²) in [5.41, 5.74) is 2.04. The molecule has 166 valence electrons. The van der Waals surface area contributed by atoms with E-state index in [-0.39, 0.29) is 11.3 Å². The third-order valence-corrected chi connectivity index (χ3v) is 5.66. The van der Waals surface area contributed by atoms with Crippen LogP contribution in [0.15, 0.2) is 60.7 Å². The molecule has 3 aromatic rings. The van der Waals surface area contributed by atoms with Gasteiger partial charge in [-0.3, -0.25) is 4.79 Å². The second-order valence-corrected chi connectivity index (χ2v) is 9.13. The number of aromatic nitrogens is 2. The van der Waals surface area contributed by atoms with E-state index in [2.05, 4.69) is 47.8 Å². The van der Waals surface area contributed by atoms with Gasteiger partial charge in [0.05, 0.1) is 0 Å². The van der Waals surface area contributed by atoms with Crippen LogP contribution in [-0.2, 0) is 5.41 Å². The highest BCUT2D eigenvalue weighted by molar-refractivity contribution is 5.94. The number of amides is 1. The molecule has 0 saturated carbocycles. The van der Waals surface area contributed by atoms with E-state index in [9.17, 15) is 4.79 Å². The van der Waals surface area contributed by atoms with E-state index in [1.165, 1.54) is 5.56 Å². The molecule has 1 aliphatic rings. The van der Waals surface area contributed by atoms with Crippen molar-refractivity contribution in [3.8, 4) is 11.6 Å². The summed E-state index contributed by atoms with van der Waals surface area (Å²) in [6.45, 7) is 11.1. The Balaban J connectivity index is 1.40. The molecular formula is C26H30N4O2. The third-order valence-electron chi connectivity index (χ3n) is 5.66. The highest BCUT2D eigenvalue weighted by Gasteiger charge is 2.24. The summed E-state index contributed by atoms with van der Waals surface area (Å²) in [6.07, 6.45) is 0.